The van der Waals surface area contributed by atoms with Gasteiger partial charge in [-0.2, -0.15) is 0 Å². The average Bonchev–Trinajstić information content (AvgIpc) is 2.35. The monoisotopic (exact) mass is 264 g/mol. The number of nitrogens with zero attached hydrogens (tertiary/aromatic N) is 1. The Labute approximate surface area is 115 Å². The molecule has 0 saturated heterocycles. The Kier molecular flexibility index (Phi) is 5.21. The van der Waals surface area contributed by atoms with Crippen molar-refractivity contribution in [1.82, 2.24) is 0 Å². The Morgan fingerprint density at radius 1 is 1.32 bits per heavy atom. The lowest BCUT2D eigenvalue weighted by Gasteiger charge is -2.31. The van der Waals surface area contributed by atoms with Crippen LogP contribution in [0.3, 0.4) is 0 Å². The number of nitrogens with two attached hydrogens (primary N) is 1. The van der Waals surface area contributed by atoms with Crippen molar-refractivity contribution in [1.29, 1.82) is 0 Å². The molecule has 0 amide bonds. The second-order valence-corrected chi connectivity index (χ2v) is 5.40. The van der Waals surface area contributed by atoms with Crippen LogP contribution in [0, 0.1) is 5.92 Å². The van der Waals surface area contributed by atoms with Gasteiger partial charge >= 0.3 is 5.97 Å². The third-order valence-corrected chi connectivity index (χ3v) is 2.96. The molecule has 0 saturated carbocycles. The van der Waals surface area contributed by atoms with Gasteiger partial charge in [0.2, 0.25) is 0 Å². The van der Waals surface area contributed by atoms with Crippen molar-refractivity contribution >= 4 is 17.3 Å². The van der Waals surface area contributed by atoms with E-state index in [9.17, 15) is 4.79 Å². The highest BCUT2D eigenvalue weighted by atomic mass is 16.5. The molecule has 106 valence electrons. The van der Waals surface area contributed by atoms with Gasteiger partial charge in [0.05, 0.1) is 12.7 Å². The minimum absolute atomic E-state index is 0.358. The number of carbonyl (C=O) groups excluding carboxylic acids is 1. The average molecular weight is 264 g/mol. The van der Waals surface area contributed by atoms with E-state index in [1.165, 1.54) is 7.11 Å². The van der Waals surface area contributed by atoms with Gasteiger partial charge in [-0.05, 0) is 38.0 Å². The molecule has 0 bridgehead atoms. The summed E-state index contributed by atoms with van der Waals surface area (Å²) in [6.45, 7) is 9.55. The van der Waals surface area contributed by atoms with Gasteiger partial charge in [0.1, 0.15) is 0 Å². The third kappa shape index (κ3) is 3.88. The van der Waals surface area contributed by atoms with Crippen LogP contribution in [0.5, 0.6) is 0 Å². The predicted octanol–water partition coefficient (Wildman–Crippen LogP) is 2.93. The summed E-state index contributed by atoms with van der Waals surface area (Å²) >= 11 is 0. The van der Waals surface area contributed by atoms with E-state index < -0.39 is 5.97 Å². The molecule has 2 N–H and O–H groups in total. The normalized spacial score (nSPS) is 10.9. The van der Waals surface area contributed by atoms with Gasteiger partial charge in [-0.1, -0.05) is 13.8 Å². The molecule has 0 aromatic heterocycles. The second kappa shape index (κ2) is 6.45. The first-order valence-corrected chi connectivity index (χ1v) is 6.61. The highest BCUT2D eigenvalue weighted by Crippen LogP contribution is 2.24. The van der Waals surface area contributed by atoms with Crippen LogP contribution in [0.1, 0.15) is 38.1 Å². The smallest absolute Gasteiger partial charge is 0.340 e. The first-order valence-electron chi connectivity index (χ1n) is 6.61. The molecule has 0 radical (unpaired) electrons. The summed E-state index contributed by atoms with van der Waals surface area (Å²) in [6, 6.07) is 5.88. The molecule has 0 aliphatic rings. The molecule has 4 heteroatoms. The highest BCUT2D eigenvalue weighted by molar-refractivity contribution is 5.96. The Bertz CT molecular complexity index is 442. The van der Waals surface area contributed by atoms with Gasteiger partial charge < -0.3 is 15.4 Å². The number of hydrogen-bond acceptors (Lipinski definition) is 4. The number of nitrogen functional groups attached to an aromatic ring is 1. The second-order valence-electron chi connectivity index (χ2n) is 5.40. The van der Waals surface area contributed by atoms with Crippen molar-refractivity contribution < 1.29 is 9.53 Å². The van der Waals surface area contributed by atoms with E-state index in [1.807, 2.05) is 12.1 Å². The van der Waals surface area contributed by atoms with Crippen LogP contribution in [-0.2, 0) is 4.74 Å². The fourth-order valence-electron chi connectivity index (χ4n) is 2.02. The molecule has 0 unspecified atom stereocenters. The first kappa shape index (κ1) is 15.3. The number of methoxy groups -OCH3 is 1. The Balaban J connectivity index is 3.14. The Morgan fingerprint density at radius 2 is 1.95 bits per heavy atom. The van der Waals surface area contributed by atoms with E-state index >= 15 is 0 Å². The van der Waals surface area contributed by atoms with Crippen LogP contribution in [0.15, 0.2) is 18.2 Å². The number of anilines is 2. The largest absolute Gasteiger partial charge is 0.465 e. The number of hydrogen-bond donors (Lipinski definition) is 1. The molecule has 0 fully saturated rings. The molecule has 0 heterocycles. The van der Waals surface area contributed by atoms with Gasteiger partial charge in [-0.15, -0.1) is 0 Å². The van der Waals surface area contributed by atoms with Crippen LogP contribution in [0.25, 0.3) is 0 Å². The van der Waals surface area contributed by atoms with Crippen molar-refractivity contribution in [2.75, 3.05) is 24.3 Å². The summed E-state index contributed by atoms with van der Waals surface area (Å²) in [4.78, 5) is 13.9. The minimum atomic E-state index is -0.396. The van der Waals surface area contributed by atoms with Crippen molar-refractivity contribution in [3.05, 3.63) is 23.8 Å². The fourth-order valence-corrected chi connectivity index (χ4v) is 2.02. The molecule has 4 nitrogen and oxygen atoms in total. The molecule has 0 spiro atoms. The maximum atomic E-state index is 11.7. The lowest BCUT2D eigenvalue weighted by atomic mass is 10.1. The lowest BCUT2D eigenvalue weighted by molar-refractivity contribution is 0.0602. The van der Waals surface area contributed by atoms with Crippen LogP contribution >= 0.6 is 0 Å². The first-order chi connectivity index (χ1) is 8.86. The van der Waals surface area contributed by atoms with Gasteiger partial charge in [-0.3, -0.25) is 0 Å². The zero-order valence-corrected chi connectivity index (χ0v) is 12.4. The predicted molar refractivity (Wildman–Crippen MR) is 79.5 cm³/mol. The molecule has 19 heavy (non-hydrogen) atoms. The SMILES string of the molecule is COC(=O)c1cc(N(CC(C)C)C(C)C)ccc1N. The molecule has 0 atom stereocenters. The van der Waals surface area contributed by atoms with E-state index in [0.29, 0.717) is 23.2 Å². The summed E-state index contributed by atoms with van der Waals surface area (Å²) in [7, 11) is 1.36. The number of esters is 1. The van der Waals surface area contributed by atoms with Crippen LogP contribution in [0.4, 0.5) is 11.4 Å². The van der Waals surface area contributed by atoms with Gasteiger partial charge in [0, 0.05) is 24.0 Å². The summed E-state index contributed by atoms with van der Waals surface area (Å²) in [5, 5.41) is 0. The molecular weight excluding hydrogens is 240 g/mol. The zero-order valence-electron chi connectivity index (χ0n) is 12.4. The topological polar surface area (TPSA) is 55.6 Å². The molecule has 0 aliphatic heterocycles. The maximum absolute atomic E-state index is 11.7. The van der Waals surface area contributed by atoms with E-state index in [-0.39, 0.29) is 0 Å². The van der Waals surface area contributed by atoms with E-state index in [1.54, 1.807) is 6.07 Å². The molecule has 1 aromatic carbocycles. The van der Waals surface area contributed by atoms with Crippen LogP contribution in [-0.4, -0.2) is 25.7 Å². The van der Waals surface area contributed by atoms with Gasteiger partial charge in [0.25, 0.3) is 0 Å². The lowest BCUT2D eigenvalue weighted by Crippen LogP contribution is -2.34. The van der Waals surface area contributed by atoms with E-state index in [4.69, 9.17) is 10.5 Å². The van der Waals surface area contributed by atoms with Crippen LogP contribution < -0.4 is 10.6 Å². The number of ether oxygens (including phenoxy) is 1. The van der Waals surface area contributed by atoms with E-state index in [2.05, 4.69) is 32.6 Å². The standard InChI is InChI=1S/C15H24N2O2/c1-10(2)9-17(11(3)4)12-6-7-14(16)13(8-12)15(18)19-5/h6-8,10-11H,9,16H2,1-5H3. The number of carbonyl (C=O) groups is 1. The summed E-state index contributed by atoms with van der Waals surface area (Å²) < 4.78 is 4.76. The molecule has 0 aliphatic carbocycles. The van der Waals surface area contributed by atoms with Gasteiger partial charge in [-0.25, -0.2) is 4.79 Å². The number of benzene rings is 1. The van der Waals surface area contributed by atoms with E-state index in [0.717, 1.165) is 12.2 Å². The third-order valence-electron chi connectivity index (χ3n) is 2.96. The number of rotatable bonds is 5. The Morgan fingerprint density at radius 3 is 2.42 bits per heavy atom. The van der Waals surface area contributed by atoms with Crippen molar-refractivity contribution in [2.24, 2.45) is 5.92 Å². The zero-order chi connectivity index (χ0) is 14.6. The molecule has 1 rings (SSSR count). The van der Waals surface area contributed by atoms with Crippen molar-refractivity contribution in [3.8, 4) is 0 Å². The highest BCUT2D eigenvalue weighted by Gasteiger charge is 2.16. The quantitative estimate of drug-likeness (QED) is 0.656. The molecule has 1 aromatic rings. The summed E-state index contributed by atoms with van der Waals surface area (Å²) in [6.07, 6.45) is 0. The summed E-state index contributed by atoms with van der Waals surface area (Å²) in [5.41, 5.74) is 7.70. The fraction of sp³-hybridized carbons (Fsp3) is 0.533. The summed E-state index contributed by atoms with van der Waals surface area (Å²) in [5.74, 6) is 0.147. The van der Waals surface area contributed by atoms with Gasteiger partial charge in [0.15, 0.2) is 0 Å². The van der Waals surface area contributed by atoms with Crippen molar-refractivity contribution in [3.63, 3.8) is 0 Å². The van der Waals surface area contributed by atoms with Crippen molar-refractivity contribution in [2.45, 2.75) is 33.7 Å². The maximum Gasteiger partial charge on any atom is 0.340 e. The van der Waals surface area contributed by atoms with Crippen LogP contribution in [0.2, 0.25) is 0 Å². The Hall–Kier alpha value is -1.71. The molecular formula is C15H24N2O2. The minimum Gasteiger partial charge on any atom is -0.465 e.